The first-order chi connectivity index (χ1) is 5.61. The van der Waals surface area contributed by atoms with E-state index >= 15 is 0 Å². The zero-order valence-electron chi connectivity index (χ0n) is 6.94. The summed E-state index contributed by atoms with van der Waals surface area (Å²) in [5, 5.41) is 14.7. The number of hydrogen-bond acceptors (Lipinski definition) is 4. The Balaban J connectivity index is 2.64. The van der Waals surface area contributed by atoms with Gasteiger partial charge in [-0.2, -0.15) is 0 Å². The van der Waals surface area contributed by atoms with Crippen LogP contribution in [0.4, 0.5) is 0 Å². The van der Waals surface area contributed by atoms with E-state index in [9.17, 15) is 4.79 Å². The molecule has 1 rings (SSSR count). The summed E-state index contributed by atoms with van der Waals surface area (Å²) in [7, 11) is 1.53. The summed E-state index contributed by atoms with van der Waals surface area (Å²) in [6.45, 7) is 1.71. The maximum atomic E-state index is 10.8. The van der Waals surface area contributed by atoms with Gasteiger partial charge in [-0.25, -0.2) is 14.5 Å². The van der Waals surface area contributed by atoms with Crippen LogP contribution in [0.15, 0.2) is 4.79 Å². The summed E-state index contributed by atoms with van der Waals surface area (Å²) in [4.78, 5) is 10.8. The highest BCUT2D eigenvalue weighted by Gasteiger charge is 2.05. The molecule has 6 nitrogen and oxygen atoms in total. The molecule has 1 aromatic rings. The molecule has 0 spiro atoms. The third kappa shape index (κ3) is 1.85. The number of H-pyrrole nitrogens is 1. The number of aliphatic hydroxyl groups is 1. The van der Waals surface area contributed by atoms with Crippen molar-refractivity contribution in [1.82, 2.24) is 14.8 Å². The maximum absolute atomic E-state index is 10.8. The van der Waals surface area contributed by atoms with Crippen molar-refractivity contribution in [3.05, 3.63) is 10.5 Å². The van der Waals surface area contributed by atoms with Crippen LogP contribution in [0.25, 0.3) is 0 Å². The topological polar surface area (TPSA) is 80.1 Å². The van der Waals surface area contributed by atoms with Gasteiger partial charge in [0.25, 0.3) is 0 Å². The van der Waals surface area contributed by atoms with E-state index in [1.807, 2.05) is 0 Å². The highest BCUT2D eigenvalue weighted by Crippen LogP contribution is 1.98. The number of rotatable bonds is 3. The molecule has 0 aliphatic rings. The molecule has 1 atom stereocenters. The van der Waals surface area contributed by atoms with Crippen molar-refractivity contribution in [1.29, 1.82) is 0 Å². The number of hydrogen-bond donors (Lipinski definition) is 2. The molecule has 1 unspecified atom stereocenters. The first kappa shape index (κ1) is 8.79. The highest BCUT2D eigenvalue weighted by molar-refractivity contribution is 4.90. The molecule has 0 radical (unpaired) electrons. The van der Waals surface area contributed by atoms with Gasteiger partial charge in [-0.3, -0.25) is 0 Å². The quantitative estimate of drug-likeness (QED) is 0.606. The summed E-state index contributed by atoms with van der Waals surface area (Å²) >= 11 is 0. The number of nitrogens with one attached hydrogen (secondary N) is 1. The largest absolute Gasteiger partial charge is 0.461 e. The Hall–Kier alpha value is -1.30. The monoisotopic (exact) mass is 173 g/mol. The van der Waals surface area contributed by atoms with E-state index in [0.29, 0.717) is 0 Å². The number of aliphatic hydroxyl groups excluding tert-OH is 1. The van der Waals surface area contributed by atoms with E-state index in [4.69, 9.17) is 9.84 Å². The Labute approximate surface area is 68.8 Å². The van der Waals surface area contributed by atoms with Crippen molar-refractivity contribution in [2.24, 2.45) is 7.05 Å². The zero-order chi connectivity index (χ0) is 9.14. The standard InChI is InChI=1S/C6H11N3O3/c1-4(10)3-12-6-8-7-5(11)9(6)2/h4,10H,3H2,1-2H3,(H,7,11). The lowest BCUT2D eigenvalue weighted by molar-refractivity contribution is 0.114. The van der Waals surface area contributed by atoms with E-state index in [1.54, 1.807) is 6.92 Å². The van der Waals surface area contributed by atoms with Gasteiger partial charge < -0.3 is 9.84 Å². The molecule has 0 aliphatic heterocycles. The number of ether oxygens (including phenoxy) is 1. The Morgan fingerprint density at radius 3 is 2.92 bits per heavy atom. The lowest BCUT2D eigenvalue weighted by Crippen LogP contribution is -2.17. The SMILES string of the molecule is CC(O)COc1n[nH]c(=O)n1C. The van der Waals surface area contributed by atoms with Gasteiger partial charge in [0, 0.05) is 7.05 Å². The highest BCUT2D eigenvalue weighted by atomic mass is 16.5. The van der Waals surface area contributed by atoms with Crippen molar-refractivity contribution in [3.63, 3.8) is 0 Å². The van der Waals surface area contributed by atoms with Crippen LogP contribution in [0.2, 0.25) is 0 Å². The third-order valence-electron chi connectivity index (χ3n) is 1.29. The Morgan fingerprint density at radius 2 is 2.50 bits per heavy atom. The van der Waals surface area contributed by atoms with Gasteiger partial charge in [-0.1, -0.05) is 0 Å². The molecular weight excluding hydrogens is 162 g/mol. The summed E-state index contributed by atoms with van der Waals surface area (Å²) in [5.41, 5.74) is -0.337. The van der Waals surface area contributed by atoms with Crippen LogP contribution in [-0.4, -0.2) is 32.6 Å². The minimum Gasteiger partial charge on any atom is -0.461 e. The zero-order valence-corrected chi connectivity index (χ0v) is 6.94. The summed E-state index contributed by atoms with van der Waals surface area (Å²) in [5.74, 6) is 0. The van der Waals surface area contributed by atoms with Gasteiger partial charge in [-0.05, 0) is 6.92 Å². The fourth-order valence-electron chi connectivity index (χ4n) is 0.657. The first-order valence-corrected chi connectivity index (χ1v) is 3.53. The predicted octanol–water partition coefficient (Wildman–Crippen LogP) is -1.13. The van der Waals surface area contributed by atoms with Gasteiger partial charge in [0.05, 0.1) is 6.10 Å². The fraction of sp³-hybridized carbons (Fsp3) is 0.667. The van der Waals surface area contributed by atoms with Crippen LogP contribution in [-0.2, 0) is 7.05 Å². The molecule has 0 aromatic carbocycles. The van der Waals surface area contributed by atoms with Gasteiger partial charge in [0.2, 0.25) is 0 Å². The molecule has 0 bridgehead atoms. The van der Waals surface area contributed by atoms with Crippen LogP contribution in [0, 0.1) is 0 Å². The van der Waals surface area contributed by atoms with E-state index in [2.05, 4.69) is 10.2 Å². The van der Waals surface area contributed by atoms with Crippen molar-refractivity contribution in [2.75, 3.05) is 6.61 Å². The van der Waals surface area contributed by atoms with Crippen LogP contribution in [0.3, 0.4) is 0 Å². The van der Waals surface area contributed by atoms with E-state index in [0.717, 1.165) is 0 Å². The van der Waals surface area contributed by atoms with Gasteiger partial charge in [0.1, 0.15) is 6.61 Å². The Bertz CT molecular complexity index is 301. The van der Waals surface area contributed by atoms with Gasteiger partial charge in [0.15, 0.2) is 0 Å². The van der Waals surface area contributed by atoms with E-state index in [-0.39, 0.29) is 18.3 Å². The third-order valence-corrected chi connectivity index (χ3v) is 1.29. The molecule has 0 amide bonds. The number of nitrogens with zero attached hydrogens (tertiary/aromatic N) is 2. The molecular formula is C6H11N3O3. The minimum atomic E-state index is -0.572. The van der Waals surface area contributed by atoms with E-state index < -0.39 is 6.10 Å². The van der Waals surface area contributed by atoms with Crippen molar-refractivity contribution >= 4 is 0 Å². The Kier molecular flexibility index (Phi) is 2.49. The van der Waals surface area contributed by atoms with Crippen LogP contribution >= 0.6 is 0 Å². The lowest BCUT2D eigenvalue weighted by Gasteiger charge is -2.04. The summed E-state index contributed by atoms with van der Waals surface area (Å²) in [6, 6.07) is 0.181. The van der Waals surface area contributed by atoms with Crippen LogP contribution in [0.5, 0.6) is 6.01 Å². The normalized spacial score (nSPS) is 12.9. The van der Waals surface area contributed by atoms with Gasteiger partial charge >= 0.3 is 11.7 Å². The minimum absolute atomic E-state index is 0.123. The average molecular weight is 173 g/mol. The molecule has 2 N–H and O–H groups in total. The maximum Gasteiger partial charge on any atom is 0.345 e. The molecule has 68 valence electrons. The molecule has 1 aromatic heterocycles. The Morgan fingerprint density at radius 1 is 1.83 bits per heavy atom. The summed E-state index contributed by atoms with van der Waals surface area (Å²) in [6.07, 6.45) is -0.572. The smallest absolute Gasteiger partial charge is 0.345 e. The van der Waals surface area contributed by atoms with Gasteiger partial charge in [-0.15, -0.1) is 5.10 Å². The number of aromatic amines is 1. The molecule has 0 saturated heterocycles. The fourth-order valence-corrected chi connectivity index (χ4v) is 0.657. The second-order valence-electron chi connectivity index (χ2n) is 2.53. The van der Waals surface area contributed by atoms with Crippen LogP contribution in [0.1, 0.15) is 6.92 Å². The molecule has 12 heavy (non-hydrogen) atoms. The summed E-state index contributed by atoms with van der Waals surface area (Å²) < 4.78 is 6.21. The predicted molar refractivity (Wildman–Crippen MR) is 41.0 cm³/mol. The van der Waals surface area contributed by atoms with Crippen molar-refractivity contribution in [2.45, 2.75) is 13.0 Å². The lowest BCUT2D eigenvalue weighted by atomic mass is 10.4. The molecule has 0 fully saturated rings. The first-order valence-electron chi connectivity index (χ1n) is 3.53. The second kappa shape index (κ2) is 3.40. The second-order valence-corrected chi connectivity index (χ2v) is 2.53. The molecule has 6 heteroatoms. The molecule has 0 aliphatic carbocycles. The van der Waals surface area contributed by atoms with Crippen molar-refractivity contribution in [3.8, 4) is 6.01 Å². The number of aromatic nitrogens is 3. The van der Waals surface area contributed by atoms with E-state index in [1.165, 1.54) is 11.6 Å². The average Bonchev–Trinajstić information content (AvgIpc) is 2.30. The molecule has 1 heterocycles. The van der Waals surface area contributed by atoms with Crippen molar-refractivity contribution < 1.29 is 9.84 Å². The van der Waals surface area contributed by atoms with Crippen LogP contribution < -0.4 is 10.4 Å². The molecule has 0 saturated carbocycles.